The average molecular weight is 383 g/mol. The quantitative estimate of drug-likeness (QED) is 0.390. The highest BCUT2D eigenvalue weighted by atomic mass is 31.1. The number of hydrogen-bond donors (Lipinski definition) is 1. The molecule has 0 saturated carbocycles. The molecule has 0 saturated heterocycles. The van der Waals surface area contributed by atoms with Gasteiger partial charge in [0.25, 0.3) is 0 Å². The number of benzene rings is 4. The first-order chi connectivity index (χ1) is 13.8. The molecular formula is C25H22NOP. The molecule has 0 unspecified atom stereocenters. The van der Waals surface area contributed by atoms with Crippen LogP contribution in [0.5, 0.6) is 5.75 Å². The molecule has 0 bridgehead atoms. The van der Waals surface area contributed by atoms with Gasteiger partial charge in [-0.1, -0.05) is 91.0 Å². The van der Waals surface area contributed by atoms with Gasteiger partial charge >= 0.3 is 0 Å². The number of nitrogens with two attached hydrogens (primary N) is 1. The van der Waals surface area contributed by atoms with Crippen LogP contribution in [0.1, 0.15) is 5.56 Å². The zero-order valence-corrected chi connectivity index (χ0v) is 16.4. The molecule has 3 heteroatoms. The summed E-state index contributed by atoms with van der Waals surface area (Å²) in [5.74, 6) is 0.840. The number of rotatable bonds is 6. The largest absolute Gasteiger partial charge is 0.489 e. The van der Waals surface area contributed by atoms with Gasteiger partial charge in [-0.05, 0) is 42.3 Å². The SMILES string of the molecule is Nc1ccc(OCc2ccccc2)cc1P(c1ccccc1)c1ccccc1. The highest BCUT2D eigenvalue weighted by Gasteiger charge is 2.19. The molecular weight excluding hydrogens is 361 g/mol. The topological polar surface area (TPSA) is 35.2 Å². The van der Waals surface area contributed by atoms with E-state index < -0.39 is 7.92 Å². The Kier molecular flexibility index (Phi) is 5.70. The Morgan fingerprint density at radius 2 is 1.18 bits per heavy atom. The van der Waals surface area contributed by atoms with Gasteiger partial charge in [-0.2, -0.15) is 0 Å². The van der Waals surface area contributed by atoms with Gasteiger partial charge in [0.1, 0.15) is 12.4 Å². The lowest BCUT2D eigenvalue weighted by Crippen LogP contribution is -2.23. The highest BCUT2D eigenvalue weighted by Crippen LogP contribution is 2.36. The minimum atomic E-state index is -0.753. The maximum Gasteiger partial charge on any atom is 0.120 e. The minimum Gasteiger partial charge on any atom is -0.489 e. The maximum absolute atomic E-state index is 6.43. The second-order valence-electron chi connectivity index (χ2n) is 6.50. The molecule has 4 aromatic carbocycles. The molecule has 138 valence electrons. The van der Waals surface area contributed by atoms with Crippen LogP contribution in [0, 0.1) is 0 Å². The lowest BCUT2D eigenvalue weighted by atomic mass is 10.2. The predicted octanol–water partition coefficient (Wildman–Crippen LogP) is 4.61. The monoisotopic (exact) mass is 383 g/mol. The van der Waals surface area contributed by atoms with Gasteiger partial charge in [-0.15, -0.1) is 0 Å². The maximum atomic E-state index is 6.43. The third-order valence-electron chi connectivity index (χ3n) is 4.52. The molecule has 28 heavy (non-hydrogen) atoms. The smallest absolute Gasteiger partial charge is 0.120 e. The van der Waals surface area contributed by atoms with Crippen molar-refractivity contribution in [3.8, 4) is 5.75 Å². The van der Waals surface area contributed by atoms with Crippen LogP contribution in [0.2, 0.25) is 0 Å². The second-order valence-corrected chi connectivity index (χ2v) is 8.69. The van der Waals surface area contributed by atoms with Crippen molar-refractivity contribution in [3.05, 3.63) is 115 Å². The van der Waals surface area contributed by atoms with E-state index in [0.717, 1.165) is 22.3 Å². The van der Waals surface area contributed by atoms with Crippen molar-refractivity contribution >= 4 is 29.5 Å². The van der Waals surface area contributed by atoms with Crippen molar-refractivity contribution in [3.63, 3.8) is 0 Å². The molecule has 2 N–H and O–H groups in total. The van der Waals surface area contributed by atoms with E-state index in [-0.39, 0.29) is 0 Å². The Morgan fingerprint density at radius 3 is 1.75 bits per heavy atom. The van der Waals surface area contributed by atoms with Crippen LogP contribution >= 0.6 is 7.92 Å². The summed E-state index contributed by atoms with van der Waals surface area (Å²) in [6.07, 6.45) is 0. The third-order valence-corrected chi connectivity index (χ3v) is 7.02. The van der Waals surface area contributed by atoms with Gasteiger partial charge in [0, 0.05) is 11.0 Å². The summed E-state index contributed by atoms with van der Waals surface area (Å²) < 4.78 is 6.06. The molecule has 0 radical (unpaired) electrons. The molecule has 0 aliphatic carbocycles. The summed E-state index contributed by atoms with van der Waals surface area (Å²) in [6, 6.07) is 37.3. The lowest BCUT2D eigenvalue weighted by molar-refractivity contribution is 0.306. The van der Waals surface area contributed by atoms with Crippen LogP contribution in [-0.4, -0.2) is 0 Å². The molecule has 4 aromatic rings. The molecule has 0 heterocycles. The van der Waals surface area contributed by atoms with Crippen molar-refractivity contribution in [2.45, 2.75) is 6.61 Å². The predicted molar refractivity (Wildman–Crippen MR) is 120 cm³/mol. The summed E-state index contributed by atoms with van der Waals surface area (Å²) in [5, 5.41) is 3.67. The van der Waals surface area contributed by atoms with E-state index in [2.05, 4.69) is 66.7 Å². The number of ether oxygens (including phenoxy) is 1. The molecule has 0 fully saturated rings. The highest BCUT2D eigenvalue weighted by molar-refractivity contribution is 7.80. The molecule has 0 spiro atoms. The van der Waals surface area contributed by atoms with Gasteiger partial charge in [0.05, 0.1) is 0 Å². The van der Waals surface area contributed by atoms with Crippen LogP contribution in [0.4, 0.5) is 5.69 Å². The zero-order valence-electron chi connectivity index (χ0n) is 15.5. The van der Waals surface area contributed by atoms with Gasteiger partial charge in [-0.3, -0.25) is 0 Å². The Bertz CT molecular complexity index is 981. The van der Waals surface area contributed by atoms with Crippen molar-refractivity contribution in [2.24, 2.45) is 0 Å². The molecule has 0 amide bonds. The summed E-state index contributed by atoms with van der Waals surface area (Å²) in [6.45, 7) is 0.540. The fourth-order valence-corrected chi connectivity index (χ4v) is 5.51. The fourth-order valence-electron chi connectivity index (χ4n) is 3.13. The first-order valence-corrected chi connectivity index (χ1v) is 10.6. The Balaban J connectivity index is 1.70. The number of anilines is 1. The van der Waals surface area contributed by atoms with Gasteiger partial charge in [0.2, 0.25) is 0 Å². The van der Waals surface area contributed by atoms with E-state index >= 15 is 0 Å². The molecule has 4 rings (SSSR count). The first-order valence-electron chi connectivity index (χ1n) is 9.28. The zero-order chi connectivity index (χ0) is 19.2. The van der Waals surface area contributed by atoms with Crippen LogP contribution in [0.3, 0.4) is 0 Å². The molecule has 0 aliphatic heterocycles. The summed E-state index contributed by atoms with van der Waals surface area (Å²) >= 11 is 0. The lowest BCUT2D eigenvalue weighted by Gasteiger charge is -2.21. The van der Waals surface area contributed by atoms with Crippen LogP contribution in [0.15, 0.2) is 109 Å². The fraction of sp³-hybridized carbons (Fsp3) is 0.0400. The van der Waals surface area contributed by atoms with E-state index in [4.69, 9.17) is 10.5 Å². The van der Waals surface area contributed by atoms with Crippen molar-refractivity contribution in [1.29, 1.82) is 0 Å². The second kappa shape index (κ2) is 8.73. The Hall–Kier alpha value is -3.09. The number of hydrogen-bond acceptors (Lipinski definition) is 2. The standard InChI is InChI=1S/C25H22NOP/c26-24-17-16-21(27-19-20-10-4-1-5-11-20)18-25(24)28(22-12-6-2-7-13-22)23-14-8-3-9-15-23/h1-18H,19,26H2. The van der Waals surface area contributed by atoms with Crippen LogP contribution in [0.25, 0.3) is 0 Å². The van der Waals surface area contributed by atoms with Crippen molar-refractivity contribution in [1.82, 2.24) is 0 Å². The summed E-state index contributed by atoms with van der Waals surface area (Å²) in [4.78, 5) is 0. The van der Waals surface area contributed by atoms with Crippen molar-refractivity contribution < 1.29 is 4.74 Å². The van der Waals surface area contributed by atoms with Gasteiger partial charge < -0.3 is 10.5 Å². The first kappa shape index (κ1) is 18.3. The molecule has 0 aliphatic rings. The van der Waals surface area contributed by atoms with Crippen molar-refractivity contribution in [2.75, 3.05) is 5.73 Å². The Labute approximate surface area is 167 Å². The molecule has 0 atom stereocenters. The Morgan fingerprint density at radius 1 is 0.643 bits per heavy atom. The molecule has 0 aromatic heterocycles. The third kappa shape index (κ3) is 4.24. The normalized spacial score (nSPS) is 10.8. The van der Waals surface area contributed by atoms with E-state index in [1.165, 1.54) is 10.6 Å². The summed E-state index contributed by atoms with van der Waals surface area (Å²) in [5.41, 5.74) is 8.38. The van der Waals surface area contributed by atoms with E-state index in [1.807, 2.05) is 42.5 Å². The van der Waals surface area contributed by atoms with Crippen LogP contribution < -0.4 is 26.4 Å². The van der Waals surface area contributed by atoms with Gasteiger partial charge in [-0.25, -0.2) is 0 Å². The molecule has 2 nitrogen and oxygen atoms in total. The van der Waals surface area contributed by atoms with Gasteiger partial charge in [0.15, 0.2) is 0 Å². The summed E-state index contributed by atoms with van der Waals surface area (Å²) in [7, 11) is -0.753. The minimum absolute atomic E-state index is 0.540. The van der Waals surface area contributed by atoms with E-state index in [9.17, 15) is 0 Å². The van der Waals surface area contributed by atoms with E-state index in [1.54, 1.807) is 0 Å². The van der Waals surface area contributed by atoms with E-state index in [0.29, 0.717) is 6.61 Å². The van der Waals surface area contributed by atoms with Crippen LogP contribution in [-0.2, 0) is 6.61 Å². The average Bonchev–Trinajstić information content (AvgIpc) is 2.76. The number of nitrogen functional groups attached to an aromatic ring is 1.